The second kappa shape index (κ2) is 7.14. The van der Waals surface area contributed by atoms with Crippen molar-refractivity contribution in [2.75, 3.05) is 13.2 Å². The number of nitrogens with one attached hydrogen (secondary N) is 1. The lowest BCUT2D eigenvalue weighted by Crippen LogP contribution is -2.35. The first kappa shape index (κ1) is 16.7. The fourth-order valence-electron chi connectivity index (χ4n) is 2.70. The number of rotatable bonds is 4. The minimum absolute atomic E-state index is 0.0181. The van der Waals surface area contributed by atoms with Crippen molar-refractivity contribution in [2.24, 2.45) is 0 Å². The lowest BCUT2D eigenvalue weighted by atomic mass is 10.0. The third-order valence-electron chi connectivity index (χ3n) is 4.19. The predicted octanol–water partition coefficient (Wildman–Crippen LogP) is 3.98. The van der Waals surface area contributed by atoms with Gasteiger partial charge in [0, 0.05) is 17.0 Å². The topological polar surface area (TPSA) is 47.6 Å². The van der Waals surface area contributed by atoms with E-state index in [-0.39, 0.29) is 18.6 Å². The maximum atomic E-state index is 12.2. The summed E-state index contributed by atoms with van der Waals surface area (Å²) in [6.45, 7) is 4.61. The van der Waals surface area contributed by atoms with Crippen molar-refractivity contribution < 1.29 is 14.3 Å². The first-order valence-electron chi connectivity index (χ1n) is 7.94. The minimum Gasteiger partial charge on any atom is -0.493 e. The maximum Gasteiger partial charge on any atom is 0.258 e. The molecule has 0 saturated heterocycles. The van der Waals surface area contributed by atoms with Gasteiger partial charge < -0.3 is 14.8 Å². The number of hydrogen-bond acceptors (Lipinski definition) is 3. The molecular weight excluding hydrogens is 326 g/mol. The molecule has 0 bridgehead atoms. The quantitative estimate of drug-likeness (QED) is 0.911. The van der Waals surface area contributed by atoms with Crippen molar-refractivity contribution in [2.45, 2.75) is 26.3 Å². The van der Waals surface area contributed by atoms with Crippen molar-refractivity contribution in [3.05, 3.63) is 58.1 Å². The molecule has 1 aliphatic rings. The van der Waals surface area contributed by atoms with E-state index in [9.17, 15) is 4.79 Å². The molecule has 0 radical (unpaired) electrons. The molecule has 1 N–H and O–H groups in total. The molecule has 24 heavy (non-hydrogen) atoms. The molecule has 0 fully saturated rings. The second-order valence-corrected chi connectivity index (χ2v) is 6.41. The first-order valence-corrected chi connectivity index (χ1v) is 8.32. The zero-order valence-corrected chi connectivity index (χ0v) is 14.5. The Morgan fingerprint density at radius 1 is 1.25 bits per heavy atom. The van der Waals surface area contributed by atoms with Gasteiger partial charge in [-0.25, -0.2) is 0 Å². The molecule has 1 atom stereocenters. The molecule has 0 aromatic heterocycles. The van der Waals surface area contributed by atoms with Crippen LogP contribution in [0.25, 0.3) is 0 Å². The number of hydrogen-bond donors (Lipinski definition) is 1. The maximum absolute atomic E-state index is 12.2. The third-order valence-corrected chi connectivity index (χ3v) is 4.43. The standard InChI is InChI=1S/C19H20ClNO3/c1-12-3-5-15(9-13(12)2)24-11-19(22)21-17-7-8-23-18-6-4-14(20)10-16(17)18/h3-6,9-10,17H,7-8,11H2,1-2H3,(H,21,22). The van der Waals surface area contributed by atoms with E-state index in [4.69, 9.17) is 21.1 Å². The Balaban J connectivity index is 1.61. The lowest BCUT2D eigenvalue weighted by Gasteiger charge is -2.26. The summed E-state index contributed by atoms with van der Waals surface area (Å²) in [6, 6.07) is 11.1. The molecule has 1 unspecified atom stereocenters. The lowest BCUT2D eigenvalue weighted by molar-refractivity contribution is -0.124. The summed E-state index contributed by atoms with van der Waals surface area (Å²) in [5.74, 6) is 1.31. The molecule has 5 heteroatoms. The van der Waals surface area contributed by atoms with Crippen molar-refractivity contribution >= 4 is 17.5 Å². The Hall–Kier alpha value is -2.20. The summed E-state index contributed by atoms with van der Waals surface area (Å²) < 4.78 is 11.2. The Morgan fingerprint density at radius 2 is 2.08 bits per heavy atom. The van der Waals surface area contributed by atoms with Crippen molar-refractivity contribution in [3.8, 4) is 11.5 Å². The van der Waals surface area contributed by atoms with Crippen LogP contribution in [0.3, 0.4) is 0 Å². The highest BCUT2D eigenvalue weighted by molar-refractivity contribution is 6.30. The zero-order chi connectivity index (χ0) is 17.1. The fraction of sp³-hybridized carbons (Fsp3) is 0.316. The molecule has 2 aromatic rings. The van der Waals surface area contributed by atoms with Crippen LogP contribution in [0.2, 0.25) is 5.02 Å². The molecule has 1 aliphatic heterocycles. The van der Waals surface area contributed by atoms with Crippen molar-refractivity contribution in [1.82, 2.24) is 5.32 Å². The molecule has 0 aliphatic carbocycles. The molecule has 2 aromatic carbocycles. The van der Waals surface area contributed by atoms with E-state index in [1.54, 1.807) is 6.07 Å². The number of halogens is 1. The smallest absolute Gasteiger partial charge is 0.258 e. The van der Waals surface area contributed by atoms with Crippen LogP contribution in [0, 0.1) is 13.8 Å². The fourth-order valence-corrected chi connectivity index (χ4v) is 2.88. The van der Waals surface area contributed by atoms with Crippen LogP contribution in [0.4, 0.5) is 0 Å². The van der Waals surface area contributed by atoms with E-state index < -0.39 is 0 Å². The Morgan fingerprint density at radius 3 is 2.88 bits per heavy atom. The van der Waals surface area contributed by atoms with E-state index >= 15 is 0 Å². The highest BCUT2D eigenvalue weighted by atomic mass is 35.5. The Labute approximate surface area is 146 Å². The number of carbonyl (C=O) groups excluding carboxylic acids is 1. The summed E-state index contributed by atoms with van der Waals surface area (Å²) in [5, 5.41) is 3.63. The van der Waals surface area contributed by atoms with Crippen LogP contribution in [0.15, 0.2) is 36.4 Å². The van der Waals surface area contributed by atoms with E-state index in [2.05, 4.69) is 5.32 Å². The van der Waals surface area contributed by atoms with Gasteiger partial charge in [0.25, 0.3) is 5.91 Å². The van der Waals surface area contributed by atoms with Crippen LogP contribution < -0.4 is 14.8 Å². The van der Waals surface area contributed by atoms with Crippen LogP contribution >= 0.6 is 11.6 Å². The molecule has 0 saturated carbocycles. The minimum atomic E-state index is -0.161. The van der Waals surface area contributed by atoms with E-state index in [1.807, 2.05) is 44.2 Å². The number of ether oxygens (including phenoxy) is 2. The largest absolute Gasteiger partial charge is 0.493 e. The Bertz CT molecular complexity index is 760. The Kier molecular flexibility index (Phi) is 4.95. The normalized spacial score (nSPS) is 16.0. The van der Waals surface area contributed by atoms with Crippen LogP contribution in [-0.2, 0) is 4.79 Å². The molecule has 4 nitrogen and oxygen atoms in total. The van der Waals surface area contributed by atoms with Gasteiger partial charge in [-0.05, 0) is 55.3 Å². The average Bonchev–Trinajstić information content (AvgIpc) is 2.56. The summed E-state index contributed by atoms with van der Waals surface area (Å²) in [5.41, 5.74) is 3.25. The summed E-state index contributed by atoms with van der Waals surface area (Å²) in [7, 11) is 0. The number of amides is 1. The third kappa shape index (κ3) is 3.82. The molecular formula is C19H20ClNO3. The highest BCUT2D eigenvalue weighted by Gasteiger charge is 2.23. The van der Waals surface area contributed by atoms with Gasteiger partial charge in [0.05, 0.1) is 12.6 Å². The summed E-state index contributed by atoms with van der Waals surface area (Å²) in [4.78, 5) is 12.2. The molecule has 3 rings (SSSR count). The van der Waals surface area contributed by atoms with Gasteiger partial charge in [-0.15, -0.1) is 0 Å². The van der Waals surface area contributed by atoms with Gasteiger partial charge in [0.15, 0.2) is 6.61 Å². The molecule has 1 heterocycles. The van der Waals surface area contributed by atoms with E-state index in [1.165, 1.54) is 5.56 Å². The first-order chi connectivity index (χ1) is 11.5. The number of carbonyl (C=O) groups is 1. The van der Waals surface area contributed by atoms with Gasteiger partial charge in [0.2, 0.25) is 0 Å². The molecule has 1 amide bonds. The number of benzene rings is 2. The monoisotopic (exact) mass is 345 g/mol. The van der Waals surface area contributed by atoms with Crippen molar-refractivity contribution in [3.63, 3.8) is 0 Å². The van der Waals surface area contributed by atoms with Crippen LogP contribution in [0.1, 0.15) is 29.2 Å². The van der Waals surface area contributed by atoms with Gasteiger partial charge in [0.1, 0.15) is 11.5 Å². The predicted molar refractivity (Wildman–Crippen MR) is 93.9 cm³/mol. The van der Waals surface area contributed by atoms with Crippen molar-refractivity contribution in [1.29, 1.82) is 0 Å². The average molecular weight is 346 g/mol. The van der Waals surface area contributed by atoms with E-state index in [0.717, 1.165) is 16.9 Å². The number of fused-ring (bicyclic) bond motifs is 1. The summed E-state index contributed by atoms with van der Waals surface area (Å²) >= 11 is 6.05. The molecule has 126 valence electrons. The SMILES string of the molecule is Cc1ccc(OCC(=O)NC2CCOc3ccc(Cl)cc32)cc1C. The summed E-state index contributed by atoms with van der Waals surface area (Å²) in [6.07, 6.45) is 0.711. The highest BCUT2D eigenvalue weighted by Crippen LogP contribution is 2.33. The van der Waals surface area contributed by atoms with Crippen LogP contribution in [0.5, 0.6) is 11.5 Å². The van der Waals surface area contributed by atoms with Gasteiger partial charge in [-0.2, -0.15) is 0 Å². The van der Waals surface area contributed by atoms with Gasteiger partial charge in [-0.1, -0.05) is 17.7 Å². The second-order valence-electron chi connectivity index (χ2n) is 5.97. The van der Waals surface area contributed by atoms with Crippen LogP contribution in [-0.4, -0.2) is 19.1 Å². The van der Waals surface area contributed by atoms with E-state index in [0.29, 0.717) is 23.8 Å². The zero-order valence-electron chi connectivity index (χ0n) is 13.8. The molecule has 0 spiro atoms. The van der Waals surface area contributed by atoms with Gasteiger partial charge in [-0.3, -0.25) is 4.79 Å². The number of aryl methyl sites for hydroxylation is 2. The van der Waals surface area contributed by atoms with Gasteiger partial charge >= 0.3 is 0 Å².